The summed E-state index contributed by atoms with van der Waals surface area (Å²) >= 11 is 0. The lowest BCUT2D eigenvalue weighted by atomic mass is 9.97. The molecule has 0 spiro atoms. The van der Waals surface area contributed by atoms with Crippen LogP contribution in [0.1, 0.15) is 24.8 Å². The maximum absolute atomic E-state index is 13.3. The van der Waals surface area contributed by atoms with Gasteiger partial charge in [0.1, 0.15) is 5.82 Å². The van der Waals surface area contributed by atoms with Crippen LogP contribution in [0.25, 0.3) is 0 Å². The van der Waals surface area contributed by atoms with Gasteiger partial charge >= 0.3 is 0 Å². The van der Waals surface area contributed by atoms with Crippen molar-refractivity contribution in [2.24, 2.45) is 0 Å². The zero-order chi connectivity index (χ0) is 9.80. The van der Waals surface area contributed by atoms with Crippen molar-refractivity contribution in [3.63, 3.8) is 0 Å². The highest BCUT2D eigenvalue weighted by atomic mass is 19.1. The van der Waals surface area contributed by atoms with E-state index in [4.69, 9.17) is 0 Å². The number of hydrogen-bond acceptors (Lipinski definition) is 1. The second-order valence-electron chi connectivity index (χ2n) is 3.94. The van der Waals surface area contributed by atoms with Crippen LogP contribution in [0.5, 0.6) is 0 Å². The minimum Gasteiger partial charge on any atom is -0.314 e. The molecule has 1 fully saturated rings. The Kier molecular flexibility index (Phi) is 3.14. The van der Waals surface area contributed by atoms with Gasteiger partial charge < -0.3 is 5.32 Å². The molecule has 14 heavy (non-hydrogen) atoms. The molecular weight excluding hydrogens is 177 g/mol. The van der Waals surface area contributed by atoms with Crippen LogP contribution >= 0.6 is 0 Å². The summed E-state index contributed by atoms with van der Waals surface area (Å²) in [6, 6.07) is 7.54. The maximum atomic E-state index is 13.3. The van der Waals surface area contributed by atoms with E-state index in [1.54, 1.807) is 6.07 Å². The van der Waals surface area contributed by atoms with Crippen molar-refractivity contribution in [2.45, 2.75) is 31.7 Å². The van der Waals surface area contributed by atoms with E-state index in [-0.39, 0.29) is 5.82 Å². The minimum atomic E-state index is -0.0696. The first kappa shape index (κ1) is 9.66. The number of halogens is 1. The molecule has 0 bridgehead atoms. The van der Waals surface area contributed by atoms with Crippen molar-refractivity contribution < 1.29 is 4.39 Å². The number of piperidine rings is 1. The summed E-state index contributed by atoms with van der Waals surface area (Å²) in [7, 11) is 0. The van der Waals surface area contributed by atoms with E-state index in [9.17, 15) is 4.39 Å². The molecule has 0 saturated carbocycles. The lowest BCUT2D eigenvalue weighted by Crippen LogP contribution is -2.35. The van der Waals surface area contributed by atoms with Gasteiger partial charge in [-0.05, 0) is 37.4 Å². The van der Waals surface area contributed by atoms with Crippen molar-refractivity contribution in [3.05, 3.63) is 35.6 Å². The molecule has 76 valence electrons. The Morgan fingerprint density at radius 1 is 1.29 bits per heavy atom. The molecule has 1 nitrogen and oxygen atoms in total. The predicted molar refractivity (Wildman–Crippen MR) is 55.7 cm³/mol. The van der Waals surface area contributed by atoms with Crippen LogP contribution in [0.2, 0.25) is 0 Å². The zero-order valence-corrected chi connectivity index (χ0v) is 8.30. The highest BCUT2D eigenvalue weighted by Crippen LogP contribution is 2.14. The molecule has 1 aliphatic heterocycles. The first-order chi connectivity index (χ1) is 6.86. The molecule has 1 aliphatic rings. The summed E-state index contributed by atoms with van der Waals surface area (Å²) in [6.45, 7) is 1.08. The van der Waals surface area contributed by atoms with E-state index in [0.717, 1.165) is 18.5 Å². The van der Waals surface area contributed by atoms with E-state index >= 15 is 0 Å². The molecule has 1 aromatic carbocycles. The van der Waals surface area contributed by atoms with Crippen molar-refractivity contribution >= 4 is 0 Å². The van der Waals surface area contributed by atoms with Crippen LogP contribution in [0.15, 0.2) is 24.3 Å². The quantitative estimate of drug-likeness (QED) is 0.761. The van der Waals surface area contributed by atoms with E-state index in [2.05, 4.69) is 5.32 Å². The van der Waals surface area contributed by atoms with Crippen LogP contribution in [0, 0.1) is 5.82 Å². The van der Waals surface area contributed by atoms with E-state index in [1.807, 2.05) is 12.1 Å². The number of nitrogens with one attached hydrogen (secondary N) is 1. The van der Waals surface area contributed by atoms with E-state index < -0.39 is 0 Å². The van der Waals surface area contributed by atoms with Crippen LogP contribution in [-0.2, 0) is 6.42 Å². The van der Waals surface area contributed by atoms with Crippen LogP contribution in [0.3, 0.4) is 0 Å². The fourth-order valence-electron chi connectivity index (χ4n) is 2.03. The SMILES string of the molecule is Fc1ccccc1C[C@H]1CCCCN1. The highest BCUT2D eigenvalue weighted by molar-refractivity contribution is 5.18. The Bertz CT molecular complexity index is 292. The van der Waals surface area contributed by atoms with Gasteiger partial charge in [-0.3, -0.25) is 0 Å². The number of hydrogen-bond donors (Lipinski definition) is 1. The molecule has 1 N–H and O–H groups in total. The van der Waals surface area contributed by atoms with E-state index in [1.165, 1.54) is 25.3 Å². The minimum absolute atomic E-state index is 0.0696. The monoisotopic (exact) mass is 193 g/mol. The predicted octanol–water partition coefficient (Wildman–Crippen LogP) is 2.51. The fraction of sp³-hybridized carbons (Fsp3) is 0.500. The molecular formula is C12H16FN. The third-order valence-corrected chi connectivity index (χ3v) is 2.84. The van der Waals surface area contributed by atoms with Crippen molar-refractivity contribution in [1.29, 1.82) is 0 Å². The molecule has 0 radical (unpaired) electrons. The molecule has 1 atom stereocenters. The maximum Gasteiger partial charge on any atom is 0.126 e. The Morgan fingerprint density at radius 3 is 2.86 bits per heavy atom. The average Bonchev–Trinajstić information content (AvgIpc) is 2.23. The Morgan fingerprint density at radius 2 is 2.14 bits per heavy atom. The molecule has 0 aliphatic carbocycles. The summed E-state index contributed by atoms with van der Waals surface area (Å²) in [5.74, 6) is -0.0696. The topological polar surface area (TPSA) is 12.0 Å². The van der Waals surface area contributed by atoms with Gasteiger partial charge in [-0.15, -0.1) is 0 Å². The second kappa shape index (κ2) is 4.56. The Labute approximate surface area is 84.3 Å². The number of rotatable bonds is 2. The Hall–Kier alpha value is -0.890. The lowest BCUT2D eigenvalue weighted by Gasteiger charge is -2.23. The third kappa shape index (κ3) is 2.32. The molecule has 0 aromatic heterocycles. The standard InChI is InChI=1S/C12H16FN/c13-12-7-2-1-5-10(12)9-11-6-3-4-8-14-11/h1-2,5,7,11,14H,3-4,6,8-9H2/t11-/m1/s1. The number of benzene rings is 1. The Balaban J connectivity index is 1.99. The van der Waals surface area contributed by atoms with Gasteiger partial charge in [0.2, 0.25) is 0 Å². The summed E-state index contributed by atoms with van der Waals surface area (Å²) < 4.78 is 13.3. The highest BCUT2D eigenvalue weighted by Gasteiger charge is 2.14. The van der Waals surface area contributed by atoms with Gasteiger partial charge in [0.15, 0.2) is 0 Å². The first-order valence-electron chi connectivity index (χ1n) is 5.33. The third-order valence-electron chi connectivity index (χ3n) is 2.84. The normalized spacial score (nSPS) is 22.2. The smallest absolute Gasteiger partial charge is 0.126 e. The van der Waals surface area contributed by atoms with Gasteiger partial charge in [-0.2, -0.15) is 0 Å². The first-order valence-corrected chi connectivity index (χ1v) is 5.33. The van der Waals surface area contributed by atoms with Crippen molar-refractivity contribution in [3.8, 4) is 0 Å². The molecule has 1 saturated heterocycles. The van der Waals surface area contributed by atoms with Crippen molar-refractivity contribution in [1.82, 2.24) is 5.32 Å². The summed E-state index contributed by atoms with van der Waals surface area (Å²) in [5.41, 5.74) is 0.840. The molecule has 2 rings (SSSR count). The average molecular weight is 193 g/mol. The summed E-state index contributed by atoms with van der Waals surface area (Å²) in [5, 5.41) is 3.43. The molecule has 0 unspecified atom stereocenters. The molecule has 1 heterocycles. The zero-order valence-electron chi connectivity index (χ0n) is 8.30. The van der Waals surface area contributed by atoms with Gasteiger partial charge in [-0.25, -0.2) is 4.39 Å². The van der Waals surface area contributed by atoms with E-state index in [0.29, 0.717) is 6.04 Å². The largest absolute Gasteiger partial charge is 0.314 e. The molecule has 2 heteroatoms. The van der Waals surface area contributed by atoms with Crippen LogP contribution in [0.4, 0.5) is 4.39 Å². The van der Waals surface area contributed by atoms with Crippen LogP contribution < -0.4 is 5.32 Å². The van der Waals surface area contributed by atoms with Crippen molar-refractivity contribution in [2.75, 3.05) is 6.54 Å². The van der Waals surface area contributed by atoms with Gasteiger partial charge in [0.05, 0.1) is 0 Å². The lowest BCUT2D eigenvalue weighted by molar-refractivity contribution is 0.395. The molecule has 1 aromatic rings. The second-order valence-corrected chi connectivity index (χ2v) is 3.94. The summed E-state index contributed by atoms with van der Waals surface area (Å²) in [4.78, 5) is 0. The van der Waals surface area contributed by atoms with Gasteiger partial charge in [0, 0.05) is 6.04 Å². The van der Waals surface area contributed by atoms with Gasteiger partial charge in [-0.1, -0.05) is 24.6 Å². The van der Waals surface area contributed by atoms with Gasteiger partial charge in [0.25, 0.3) is 0 Å². The molecule has 0 amide bonds. The van der Waals surface area contributed by atoms with Crippen LogP contribution in [-0.4, -0.2) is 12.6 Å². The summed E-state index contributed by atoms with van der Waals surface area (Å²) in [6.07, 6.45) is 4.53. The fourth-order valence-corrected chi connectivity index (χ4v) is 2.03.